The highest BCUT2D eigenvalue weighted by molar-refractivity contribution is 5.27. The van der Waals surface area contributed by atoms with Gasteiger partial charge in [-0.3, -0.25) is 4.90 Å². The zero-order valence-electron chi connectivity index (χ0n) is 20.4. The summed E-state index contributed by atoms with van der Waals surface area (Å²) in [6.45, 7) is 8.75. The van der Waals surface area contributed by atoms with Gasteiger partial charge < -0.3 is 19.1 Å². The maximum atomic E-state index is 11.1. The van der Waals surface area contributed by atoms with Gasteiger partial charge in [0, 0.05) is 32.0 Å². The highest BCUT2D eigenvalue weighted by Gasteiger charge is 2.31. The zero-order chi connectivity index (χ0) is 23.8. The number of rotatable bonds is 10. The molecular weight excluding hydrogens is 426 g/mol. The summed E-state index contributed by atoms with van der Waals surface area (Å²) in [4.78, 5) is 6.67. The van der Waals surface area contributed by atoms with Gasteiger partial charge in [0.15, 0.2) is 0 Å². The summed E-state index contributed by atoms with van der Waals surface area (Å²) in [5.74, 6) is 2.76. The van der Waals surface area contributed by atoms with E-state index in [1.54, 1.807) is 0 Å². The number of nitrogens with zero attached hydrogens (tertiary/aromatic N) is 3. The Balaban J connectivity index is 1.19. The highest BCUT2D eigenvalue weighted by atomic mass is 16.5. The van der Waals surface area contributed by atoms with E-state index in [0.29, 0.717) is 13.2 Å². The van der Waals surface area contributed by atoms with Crippen LogP contribution in [0.1, 0.15) is 42.6 Å². The molecule has 0 bridgehead atoms. The summed E-state index contributed by atoms with van der Waals surface area (Å²) >= 11 is 0. The van der Waals surface area contributed by atoms with E-state index in [0.717, 1.165) is 69.2 Å². The molecule has 0 aliphatic carbocycles. The molecule has 0 radical (unpaired) electrons. The van der Waals surface area contributed by atoms with Crippen LogP contribution in [-0.2, 0) is 13.1 Å². The van der Waals surface area contributed by atoms with Crippen molar-refractivity contribution in [2.75, 3.05) is 26.3 Å². The molecule has 34 heavy (non-hydrogen) atoms. The second kappa shape index (κ2) is 11.5. The van der Waals surface area contributed by atoms with Crippen molar-refractivity contribution in [1.82, 2.24) is 14.5 Å². The Bertz CT molecular complexity index is 1020. The fraction of sp³-hybridized carbons (Fsp3) is 0.464. The molecule has 0 unspecified atom stereocenters. The lowest BCUT2D eigenvalue weighted by molar-refractivity contribution is -0.0168. The van der Waals surface area contributed by atoms with Gasteiger partial charge in [0.05, 0.1) is 12.2 Å². The maximum Gasteiger partial charge on any atom is 0.119 e. The van der Waals surface area contributed by atoms with Crippen molar-refractivity contribution in [2.24, 2.45) is 0 Å². The average molecular weight is 464 g/mol. The maximum absolute atomic E-state index is 11.1. The first-order chi connectivity index (χ1) is 16.5. The van der Waals surface area contributed by atoms with Crippen molar-refractivity contribution in [1.29, 1.82) is 0 Å². The molecule has 1 fully saturated rings. The predicted octanol–water partition coefficient (Wildman–Crippen LogP) is 4.77. The molecular formula is C28H37N3O3. The Morgan fingerprint density at radius 1 is 0.941 bits per heavy atom. The smallest absolute Gasteiger partial charge is 0.119 e. The van der Waals surface area contributed by atoms with E-state index in [2.05, 4.69) is 45.6 Å². The van der Waals surface area contributed by atoms with E-state index in [-0.39, 0.29) is 0 Å². The molecule has 4 rings (SSSR count). The Kier molecular flexibility index (Phi) is 8.25. The zero-order valence-corrected chi connectivity index (χ0v) is 20.4. The van der Waals surface area contributed by atoms with Crippen LogP contribution in [0.15, 0.2) is 60.9 Å². The van der Waals surface area contributed by atoms with Crippen molar-refractivity contribution >= 4 is 0 Å². The number of aromatic nitrogens is 2. The second-order valence-corrected chi connectivity index (χ2v) is 9.47. The standard InChI is InChI=1S/C28H37N3O3/c1-23-5-9-27(10-6-23)34-22-28(32)13-3-16-30(18-14-28)21-25-7-11-26(12-8-25)33-20-4-17-31-19-15-29-24(31)2/h5-12,15,19,32H,3-4,13-14,16-18,20-22H2,1-2H3/t28-/m1/s1. The molecule has 182 valence electrons. The third kappa shape index (κ3) is 7.08. The summed E-state index contributed by atoms with van der Waals surface area (Å²) in [5, 5.41) is 11.1. The topological polar surface area (TPSA) is 59.8 Å². The van der Waals surface area contributed by atoms with E-state index >= 15 is 0 Å². The molecule has 2 heterocycles. The molecule has 0 saturated carbocycles. The van der Waals surface area contributed by atoms with Crippen LogP contribution in [0, 0.1) is 13.8 Å². The van der Waals surface area contributed by atoms with Crippen molar-refractivity contribution in [3.05, 3.63) is 77.9 Å². The van der Waals surface area contributed by atoms with Crippen LogP contribution in [0.5, 0.6) is 11.5 Å². The minimum atomic E-state index is -0.771. The molecule has 1 aliphatic rings. The van der Waals surface area contributed by atoms with E-state index < -0.39 is 5.60 Å². The summed E-state index contributed by atoms with van der Waals surface area (Å²) in [6, 6.07) is 16.4. The van der Waals surface area contributed by atoms with Crippen LogP contribution in [0.25, 0.3) is 0 Å². The minimum Gasteiger partial charge on any atom is -0.494 e. The molecule has 1 atom stereocenters. The Morgan fingerprint density at radius 2 is 1.68 bits per heavy atom. The fourth-order valence-electron chi connectivity index (χ4n) is 4.40. The Morgan fingerprint density at radius 3 is 2.41 bits per heavy atom. The number of aryl methyl sites for hydroxylation is 3. The number of hydrogen-bond acceptors (Lipinski definition) is 5. The third-order valence-corrected chi connectivity index (χ3v) is 6.60. The Hall–Kier alpha value is -2.83. The molecule has 6 nitrogen and oxygen atoms in total. The predicted molar refractivity (Wildman–Crippen MR) is 134 cm³/mol. The van der Waals surface area contributed by atoms with E-state index in [4.69, 9.17) is 9.47 Å². The molecule has 2 aromatic carbocycles. The van der Waals surface area contributed by atoms with Gasteiger partial charge in [0.2, 0.25) is 0 Å². The van der Waals surface area contributed by atoms with Crippen LogP contribution >= 0.6 is 0 Å². The highest BCUT2D eigenvalue weighted by Crippen LogP contribution is 2.25. The number of benzene rings is 2. The summed E-state index contributed by atoms with van der Waals surface area (Å²) in [5.41, 5.74) is 1.70. The summed E-state index contributed by atoms with van der Waals surface area (Å²) in [6.07, 6.45) is 7.23. The largest absolute Gasteiger partial charge is 0.494 e. The first-order valence-corrected chi connectivity index (χ1v) is 12.3. The van der Waals surface area contributed by atoms with Crippen LogP contribution in [0.2, 0.25) is 0 Å². The monoisotopic (exact) mass is 463 g/mol. The third-order valence-electron chi connectivity index (χ3n) is 6.60. The van der Waals surface area contributed by atoms with Crippen molar-refractivity contribution in [3.8, 4) is 11.5 Å². The van der Waals surface area contributed by atoms with E-state index in [1.165, 1.54) is 11.1 Å². The van der Waals surface area contributed by atoms with Crippen molar-refractivity contribution in [3.63, 3.8) is 0 Å². The number of ether oxygens (including phenoxy) is 2. The van der Waals surface area contributed by atoms with Crippen molar-refractivity contribution < 1.29 is 14.6 Å². The fourth-order valence-corrected chi connectivity index (χ4v) is 4.40. The molecule has 3 aromatic rings. The first kappa shape index (κ1) is 24.3. The second-order valence-electron chi connectivity index (χ2n) is 9.47. The summed E-state index contributed by atoms with van der Waals surface area (Å²) in [7, 11) is 0. The van der Waals surface area contributed by atoms with Gasteiger partial charge >= 0.3 is 0 Å². The molecule has 1 aromatic heterocycles. The average Bonchev–Trinajstić information content (AvgIpc) is 3.16. The summed E-state index contributed by atoms with van der Waals surface area (Å²) < 4.78 is 14.0. The number of imidazole rings is 1. The molecule has 0 amide bonds. The lowest BCUT2D eigenvalue weighted by Gasteiger charge is -2.27. The van der Waals surface area contributed by atoms with Crippen LogP contribution in [-0.4, -0.2) is 51.5 Å². The van der Waals surface area contributed by atoms with Gasteiger partial charge in [-0.2, -0.15) is 0 Å². The number of aliphatic hydroxyl groups is 1. The molecule has 1 saturated heterocycles. The number of hydrogen-bond donors (Lipinski definition) is 1. The molecule has 1 N–H and O–H groups in total. The van der Waals surface area contributed by atoms with Crippen LogP contribution in [0.4, 0.5) is 0 Å². The SMILES string of the molecule is Cc1ccc(OC[C@@]2(O)CCCN(Cc3ccc(OCCCn4ccnc4C)cc3)CC2)cc1. The van der Waals surface area contributed by atoms with Crippen molar-refractivity contribution in [2.45, 2.75) is 58.2 Å². The number of likely N-dealkylation sites (tertiary alicyclic amines) is 1. The first-order valence-electron chi connectivity index (χ1n) is 12.3. The minimum absolute atomic E-state index is 0.344. The van der Waals surface area contributed by atoms with Crippen LogP contribution < -0.4 is 9.47 Å². The lowest BCUT2D eigenvalue weighted by atomic mass is 9.96. The van der Waals surface area contributed by atoms with E-state index in [9.17, 15) is 5.11 Å². The normalized spacial score (nSPS) is 19.0. The lowest BCUT2D eigenvalue weighted by Crippen LogP contribution is -2.37. The molecule has 1 aliphatic heterocycles. The molecule has 0 spiro atoms. The van der Waals surface area contributed by atoms with E-state index in [1.807, 2.05) is 43.6 Å². The van der Waals surface area contributed by atoms with Gasteiger partial charge in [-0.15, -0.1) is 0 Å². The quantitative estimate of drug-likeness (QED) is 0.439. The van der Waals surface area contributed by atoms with Crippen LogP contribution in [0.3, 0.4) is 0 Å². The van der Waals surface area contributed by atoms with Gasteiger partial charge in [0.1, 0.15) is 23.9 Å². The molecule has 6 heteroatoms. The van der Waals surface area contributed by atoms with Gasteiger partial charge in [-0.1, -0.05) is 29.8 Å². The van der Waals surface area contributed by atoms with Gasteiger partial charge in [0.25, 0.3) is 0 Å². The van der Waals surface area contributed by atoms with Gasteiger partial charge in [-0.25, -0.2) is 4.98 Å². The Labute approximate surface area is 203 Å². The van der Waals surface area contributed by atoms with Gasteiger partial charge in [-0.05, 0) is 75.9 Å².